The first-order chi connectivity index (χ1) is 8.71. The molecule has 1 rings (SSSR count). The number of nitrogens with one attached hydrogen (secondary N) is 1. The Balaban J connectivity index is 2.39. The van der Waals surface area contributed by atoms with Gasteiger partial charge in [-0.3, -0.25) is 0 Å². The average Bonchev–Trinajstić information content (AvgIpc) is 2.40. The number of hydrogen-bond acceptors (Lipinski definition) is 2. The SMILES string of the molecule is CCN(CC)C(=O)NCCc1cccc(OC)c1. The minimum absolute atomic E-state index is 0.00268. The van der Waals surface area contributed by atoms with Crippen molar-refractivity contribution in [2.45, 2.75) is 20.3 Å². The average molecular weight is 250 g/mol. The van der Waals surface area contributed by atoms with Crippen LogP contribution in [-0.2, 0) is 6.42 Å². The molecule has 1 aromatic rings. The molecular weight excluding hydrogens is 228 g/mol. The molecule has 0 saturated carbocycles. The summed E-state index contributed by atoms with van der Waals surface area (Å²) in [4.78, 5) is 13.5. The van der Waals surface area contributed by atoms with E-state index in [9.17, 15) is 4.79 Å². The van der Waals surface area contributed by atoms with Crippen molar-refractivity contribution in [1.29, 1.82) is 0 Å². The molecule has 4 heteroatoms. The van der Waals surface area contributed by atoms with Gasteiger partial charge in [-0.15, -0.1) is 0 Å². The van der Waals surface area contributed by atoms with Gasteiger partial charge in [0.1, 0.15) is 5.75 Å². The first-order valence-corrected chi connectivity index (χ1v) is 6.37. The number of amides is 2. The van der Waals surface area contributed by atoms with E-state index < -0.39 is 0 Å². The van der Waals surface area contributed by atoms with E-state index in [0.717, 1.165) is 30.8 Å². The Morgan fingerprint density at radius 1 is 1.33 bits per heavy atom. The molecule has 0 aliphatic rings. The van der Waals surface area contributed by atoms with E-state index in [-0.39, 0.29) is 6.03 Å². The molecule has 0 saturated heterocycles. The van der Waals surface area contributed by atoms with Crippen molar-refractivity contribution in [3.05, 3.63) is 29.8 Å². The molecule has 0 bridgehead atoms. The summed E-state index contributed by atoms with van der Waals surface area (Å²) in [6, 6.07) is 7.90. The van der Waals surface area contributed by atoms with Crippen LogP contribution in [0.15, 0.2) is 24.3 Å². The van der Waals surface area contributed by atoms with Crippen molar-refractivity contribution in [1.82, 2.24) is 10.2 Å². The molecule has 2 amide bonds. The fourth-order valence-corrected chi connectivity index (χ4v) is 1.76. The van der Waals surface area contributed by atoms with Crippen LogP contribution in [-0.4, -0.2) is 37.7 Å². The number of carbonyl (C=O) groups is 1. The van der Waals surface area contributed by atoms with Crippen LogP contribution in [0.2, 0.25) is 0 Å². The third-order valence-electron chi connectivity index (χ3n) is 2.87. The molecule has 0 aliphatic carbocycles. The third-order valence-corrected chi connectivity index (χ3v) is 2.87. The summed E-state index contributed by atoms with van der Waals surface area (Å²) in [5.74, 6) is 0.850. The summed E-state index contributed by atoms with van der Waals surface area (Å²) < 4.78 is 5.16. The summed E-state index contributed by atoms with van der Waals surface area (Å²) >= 11 is 0. The largest absolute Gasteiger partial charge is 0.497 e. The number of hydrogen-bond donors (Lipinski definition) is 1. The number of benzene rings is 1. The number of ether oxygens (including phenoxy) is 1. The normalized spacial score (nSPS) is 9.94. The van der Waals surface area contributed by atoms with Crippen molar-refractivity contribution in [2.75, 3.05) is 26.7 Å². The van der Waals surface area contributed by atoms with Crippen molar-refractivity contribution in [2.24, 2.45) is 0 Å². The molecule has 0 fully saturated rings. The van der Waals surface area contributed by atoms with E-state index >= 15 is 0 Å². The highest BCUT2D eigenvalue weighted by Gasteiger charge is 2.07. The lowest BCUT2D eigenvalue weighted by molar-refractivity contribution is 0.203. The molecular formula is C14H22N2O2. The number of methoxy groups -OCH3 is 1. The molecule has 0 spiro atoms. The van der Waals surface area contributed by atoms with Gasteiger partial charge in [-0.05, 0) is 38.0 Å². The lowest BCUT2D eigenvalue weighted by Crippen LogP contribution is -2.40. The third kappa shape index (κ3) is 4.28. The van der Waals surface area contributed by atoms with Crippen molar-refractivity contribution in [3.63, 3.8) is 0 Å². The predicted octanol–water partition coefficient (Wildman–Crippen LogP) is 2.29. The van der Waals surface area contributed by atoms with E-state index in [1.807, 2.05) is 38.1 Å². The molecule has 0 heterocycles. The second-order valence-electron chi connectivity index (χ2n) is 4.01. The maximum atomic E-state index is 11.7. The van der Waals surface area contributed by atoms with Crippen LogP contribution in [0.1, 0.15) is 19.4 Å². The zero-order valence-corrected chi connectivity index (χ0v) is 11.4. The zero-order valence-electron chi connectivity index (χ0n) is 11.4. The summed E-state index contributed by atoms with van der Waals surface area (Å²) in [6.45, 7) is 6.07. The van der Waals surface area contributed by atoms with Crippen LogP contribution in [0.3, 0.4) is 0 Å². The Morgan fingerprint density at radius 3 is 2.67 bits per heavy atom. The molecule has 1 N–H and O–H groups in total. The lowest BCUT2D eigenvalue weighted by atomic mass is 10.1. The molecule has 100 valence electrons. The van der Waals surface area contributed by atoms with E-state index in [4.69, 9.17) is 4.74 Å². The highest BCUT2D eigenvalue weighted by molar-refractivity contribution is 5.74. The molecule has 0 atom stereocenters. The maximum Gasteiger partial charge on any atom is 0.317 e. The van der Waals surface area contributed by atoms with Crippen LogP contribution in [0.4, 0.5) is 4.79 Å². The van der Waals surface area contributed by atoms with Gasteiger partial charge in [0.15, 0.2) is 0 Å². The Labute approximate surface area is 109 Å². The Kier molecular flexibility index (Phi) is 6.05. The van der Waals surface area contributed by atoms with Crippen LogP contribution < -0.4 is 10.1 Å². The highest BCUT2D eigenvalue weighted by atomic mass is 16.5. The van der Waals surface area contributed by atoms with Gasteiger partial charge in [0, 0.05) is 19.6 Å². The Hall–Kier alpha value is -1.71. The van der Waals surface area contributed by atoms with Crippen LogP contribution in [0.5, 0.6) is 5.75 Å². The number of rotatable bonds is 6. The van der Waals surface area contributed by atoms with Gasteiger partial charge in [-0.25, -0.2) is 4.79 Å². The van der Waals surface area contributed by atoms with Gasteiger partial charge in [-0.1, -0.05) is 12.1 Å². The van der Waals surface area contributed by atoms with E-state index in [1.54, 1.807) is 12.0 Å². The topological polar surface area (TPSA) is 41.6 Å². The second-order valence-corrected chi connectivity index (χ2v) is 4.01. The van der Waals surface area contributed by atoms with Crippen molar-refractivity contribution >= 4 is 6.03 Å². The van der Waals surface area contributed by atoms with Gasteiger partial charge < -0.3 is 15.0 Å². The molecule has 0 aliphatic heterocycles. The van der Waals surface area contributed by atoms with Crippen molar-refractivity contribution in [3.8, 4) is 5.75 Å². The molecule has 0 aromatic heterocycles. The molecule has 0 radical (unpaired) electrons. The summed E-state index contributed by atoms with van der Waals surface area (Å²) in [5, 5.41) is 2.92. The molecule has 1 aromatic carbocycles. The molecule has 0 unspecified atom stereocenters. The second kappa shape index (κ2) is 7.58. The first kappa shape index (κ1) is 14.4. The number of nitrogens with zero attached hydrogens (tertiary/aromatic N) is 1. The van der Waals surface area contributed by atoms with E-state index in [1.165, 1.54) is 0 Å². The van der Waals surface area contributed by atoms with Gasteiger partial charge in [0.05, 0.1) is 7.11 Å². The van der Waals surface area contributed by atoms with Gasteiger partial charge >= 0.3 is 6.03 Å². The summed E-state index contributed by atoms with van der Waals surface area (Å²) in [7, 11) is 1.65. The zero-order chi connectivity index (χ0) is 13.4. The van der Waals surface area contributed by atoms with Gasteiger partial charge in [0.25, 0.3) is 0 Å². The standard InChI is InChI=1S/C14H22N2O2/c1-4-16(5-2)14(17)15-10-9-12-7-6-8-13(11-12)18-3/h6-8,11H,4-5,9-10H2,1-3H3,(H,15,17). The van der Waals surface area contributed by atoms with Crippen LogP contribution in [0.25, 0.3) is 0 Å². The minimum Gasteiger partial charge on any atom is -0.497 e. The highest BCUT2D eigenvalue weighted by Crippen LogP contribution is 2.12. The van der Waals surface area contributed by atoms with Crippen LogP contribution in [0, 0.1) is 0 Å². The van der Waals surface area contributed by atoms with Gasteiger partial charge in [-0.2, -0.15) is 0 Å². The van der Waals surface area contributed by atoms with Crippen LogP contribution >= 0.6 is 0 Å². The minimum atomic E-state index is 0.00268. The smallest absolute Gasteiger partial charge is 0.317 e. The maximum absolute atomic E-state index is 11.7. The lowest BCUT2D eigenvalue weighted by Gasteiger charge is -2.19. The Bertz CT molecular complexity index is 376. The summed E-state index contributed by atoms with van der Waals surface area (Å²) in [5.41, 5.74) is 1.16. The first-order valence-electron chi connectivity index (χ1n) is 6.37. The van der Waals surface area contributed by atoms with Gasteiger partial charge in [0.2, 0.25) is 0 Å². The van der Waals surface area contributed by atoms with E-state index in [0.29, 0.717) is 6.54 Å². The fraction of sp³-hybridized carbons (Fsp3) is 0.500. The number of carbonyl (C=O) groups excluding carboxylic acids is 1. The monoisotopic (exact) mass is 250 g/mol. The van der Waals surface area contributed by atoms with Crippen molar-refractivity contribution < 1.29 is 9.53 Å². The fourth-order valence-electron chi connectivity index (χ4n) is 1.76. The predicted molar refractivity (Wildman–Crippen MR) is 73.0 cm³/mol. The van der Waals surface area contributed by atoms with E-state index in [2.05, 4.69) is 5.32 Å². The number of urea groups is 1. The Morgan fingerprint density at radius 2 is 2.06 bits per heavy atom. The summed E-state index contributed by atoms with van der Waals surface area (Å²) in [6.07, 6.45) is 0.810. The quantitative estimate of drug-likeness (QED) is 0.841. The molecule has 4 nitrogen and oxygen atoms in total. The molecule has 18 heavy (non-hydrogen) atoms.